The Morgan fingerprint density at radius 3 is 2.74 bits per heavy atom. The summed E-state index contributed by atoms with van der Waals surface area (Å²) in [5, 5.41) is 3.87. The average Bonchev–Trinajstić information content (AvgIpc) is 2.61. The van der Waals surface area contributed by atoms with E-state index in [9.17, 15) is 4.79 Å². The molecule has 126 valence electrons. The minimum absolute atomic E-state index is 0.232. The molecule has 2 fully saturated rings. The Morgan fingerprint density at radius 1 is 1.26 bits per heavy atom. The zero-order chi connectivity index (χ0) is 16.1. The highest BCUT2D eigenvalue weighted by atomic mass is 32.2. The molecule has 0 saturated carbocycles. The molecule has 23 heavy (non-hydrogen) atoms. The molecule has 0 aliphatic carbocycles. The Kier molecular flexibility index (Phi) is 6.01. The normalized spacial score (nSPS) is 26.2. The van der Waals surface area contributed by atoms with E-state index in [-0.39, 0.29) is 6.04 Å². The highest BCUT2D eigenvalue weighted by Crippen LogP contribution is 2.36. The lowest BCUT2D eigenvalue weighted by Gasteiger charge is -2.40. The van der Waals surface area contributed by atoms with Gasteiger partial charge in [0.25, 0.3) is 0 Å². The summed E-state index contributed by atoms with van der Waals surface area (Å²) < 4.78 is 0. The monoisotopic (exact) mass is 332 g/mol. The Balaban J connectivity index is 1.64. The van der Waals surface area contributed by atoms with Crippen LogP contribution in [-0.2, 0) is 4.79 Å². The second kappa shape index (κ2) is 8.20. The molecule has 1 N–H and O–H groups in total. The van der Waals surface area contributed by atoms with E-state index in [0.29, 0.717) is 17.6 Å². The number of rotatable bonds is 4. The average molecular weight is 333 g/mol. The number of carbonyl (C=O) groups excluding carboxylic acids is 1. The zero-order valence-corrected chi connectivity index (χ0v) is 14.9. The van der Waals surface area contributed by atoms with Gasteiger partial charge in [-0.1, -0.05) is 37.3 Å². The minimum atomic E-state index is 0.232. The summed E-state index contributed by atoms with van der Waals surface area (Å²) in [6, 6.07) is 10.8. The minimum Gasteiger partial charge on any atom is -0.334 e. The van der Waals surface area contributed by atoms with Crippen molar-refractivity contribution in [3.05, 3.63) is 35.9 Å². The van der Waals surface area contributed by atoms with Crippen molar-refractivity contribution in [2.45, 2.75) is 43.9 Å². The van der Waals surface area contributed by atoms with Crippen LogP contribution < -0.4 is 5.32 Å². The van der Waals surface area contributed by atoms with E-state index in [2.05, 4.69) is 41.4 Å². The predicted molar refractivity (Wildman–Crippen MR) is 97.6 cm³/mol. The number of nitrogens with zero attached hydrogens (tertiary/aromatic N) is 1. The lowest BCUT2D eigenvalue weighted by molar-refractivity contribution is -0.134. The van der Waals surface area contributed by atoms with Crippen molar-refractivity contribution >= 4 is 17.7 Å². The molecule has 2 aliphatic heterocycles. The largest absolute Gasteiger partial charge is 0.334 e. The van der Waals surface area contributed by atoms with Crippen LogP contribution >= 0.6 is 11.8 Å². The number of thioether (sulfide) groups is 1. The number of hydrogen-bond donors (Lipinski definition) is 1. The fraction of sp³-hybridized carbons (Fsp3) is 0.632. The van der Waals surface area contributed by atoms with Crippen LogP contribution in [0.4, 0.5) is 0 Å². The number of benzene rings is 1. The van der Waals surface area contributed by atoms with Gasteiger partial charge >= 0.3 is 0 Å². The summed E-state index contributed by atoms with van der Waals surface area (Å²) >= 11 is 1.99. The molecule has 1 amide bonds. The number of carbonyl (C=O) groups is 1. The molecular formula is C19H28N2OS. The van der Waals surface area contributed by atoms with Crippen molar-refractivity contribution < 1.29 is 4.79 Å². The second-order valence-corrected chi connectivity index (χ2v) is 8.24. The third kappa shape index (κ3) is 4.30. The van der Waals surface area contributed by atoms with Crippen LogP contribution in [0.1, 0.15) is 44.2 Å². The molecule has 0 spiro atoms. The molecule has 2 aliphatic rings. The first-order valence-corrected chi connectivity index (χ1v) is 9.97. The van der Waals surface area contributed by atoms with E-state index in [1.165, 1.54) is 18.4 Å². The van der Waals surface area contributed by atoms with Crippen molar-refractivity contribution in [2.75, 3.05) is 25.4 Å². The van der Waals surface area contributed by atoms with Gasteiger partial charge in [-0.3, -0.25) is 4.79 Å². The van der Waals surface area contributed by atoms with Gasteiger partial charge in [0.1, 0.15) is 0 Å². The Morgan fingerprint density at radius 2 is 2.00 bits per heavy atom. The standard InChI is InChI=1S/C19H28N2OS/c1-15-19(17-5-3-2-4-6-17)21(13-14-23-15)18(22)8-7-16-9-11-20-12-10-16/h2-6,15-16,19-20H,7-14H2,1H3. The number of nitrogens with one attached hydrogen (secondary N) is 1. The Hall–Kier alpha value is -1.00. The zero-order valence-electron chi connectivity index (χ0n) is 14.0. The van der Waals surface area contributed by atoms with Gasteiger partial charge in [-0.15, -0.1) is 0 Å². The maximum Gasteiger partial charge on any atom is 0.223 e. The van der Waals surface area contributed by atoms with Gasteiger partial charge in [0.2, 0.25) is 5.91 Å². The second-order valence-electron chi connectivity index (χ2n) is 6.75. The molecule has 2 atom stereocenters. The van der Waals surface area contributed by atoms with Gasteiger partial charge in [0.05, 0.1) is 6.04 Å². The van der Waals surface area contributed by atoms with Gasteiger partial charge in [-0.05, 0) is 43.8 Å². The highest BCUT2D eigenvalue weighted by molar-refractivity contribution is 8.00. The van der Waals surface area contributed by atoms with E-state index in [1.807, 2.05) is 17.8 Å². The van der Waals surface area contributed by atoms with E-state index < -0.39 is 0 Å². The molecule has 0 radical (unpaired) electrons. The molecule has 0 bridgehead atoms. The first-order chi connectivity index (χ1) is 11.3. The van der Waals surface area contributed by atoms with Crippen LogP contribution in [0, 0.1) is 5.92 Å². The van der Waals surface area contributed by atoms with Gasteiger partial charge in [-0.25, -0.2) is 0 Å². The molecule has 2 unspecified atom stereocenters. The van der Waals surface area contributed by atoms with Crippen LogP contribution in [0.2, 0.25) is 0 Å². The maximum absolute atomic E-state index is 12.9. The van der Waals surface area contributed by atoms with Gasteiger partial charge < -0.3 is 10.2 Å². The highest BCUT2D eigenvalue weighted by Gasteiger charge is 2.33. The molecule has 0 aromatic heterocycles. The van der Waals surface area contributed by atoms with Crippen LogP contribution in [0.3, 0.4) is 0 Å². The lowest BCUT2D eigenvalue weighted by atomic mass is 9.92. The quantitative estimate of drug-likeness (QED) is 0.916. The van der Waals surface area contributed by atoms with Crippen molar-refractivity contribution in [1.29, 1.82) is 0 Å². The first-order valence-electron chi connectivity index (χ1n) is 8.92. The summed E-state index contributed by atoms with van der Waals surface area (Å²) in [6.07, 6.45) is 4.22. The Bertz CT molecular complexity index is 501. The number of piperidine rings is 1. The molecule has 3 rings (SSSR count). The molecule has 4 heteroatoms. The van der Waals surface area contributed by atoms with E-state index in [1.54, 1.807) is 0 Å². The molecule has 2 saturated heterocycles. The third-order valence-electron chi connectivity index (χ3n) is 5.18. The molecule has 1 aromatic rings. The SMILES string of the molecule is CC1SCCN(C(=O)CCC2CCNCC2)C1c1ccccc1. The summed E-state index contributed by atoms with van der Waals surface area (Å²) in [6.45, 7) is 5.37. The van der Waals surface area contributed by atoms with Crippen LogP contribution in [0.15, 0.2) is 30.3 Å². The summed E-state index contributed by atoms with van der Waals surface area (Å²) in [5.41, 5.74) is 1.28. The smallest absolute Gasteiger partial charge is 0.223 e. The van der Waals surface area contributed by atoms with Crippen LogP contribution in [0.5, 0.6) is 0 Å². The summed E-state index contributed by atoms with van der Waals surface area (Å²) in [7, 11) is 0. The van der Waals surface area contributed by atoms with E-state index in [4.69, 9.17) is 0 Å². The number of amides is 1. The van der Waals surface area contributed by atoms with E-state index >= 15 is 0 Å². The van der Waals surface area contributed by atoms with Crippen LogP contribution in [0.25, 0.3) is 0 Å². The lowest BCUT2D eigenvalue weighted by Crippen LogP contribution is -2.44. The van der Waals surface area contributed by atoms with Crippen molar-refractivity contribution in [1.82, 2.24) is 10.2 Å². The molecule has 2 heterocycles. The van der Waals surface area contributed by atoms with Gasteiger partial charge in [-0.2, -0.15) is 11.8 Å². The maximum atomic E-state index is 12.9. The molecular weight excluding hydrogens is 304 g/mol. The van der Waals surface area contributed by atoms with Gasteiger partial charge in [0, 0.05) is 24.0 Å². The summed E-state index contributed by atoms with van der Waals surface area (Å²) in [4.78, 5) is 15.0. The third-order valence-corrected chi connectivity index (χ3v) is 6.38. The topological polar surface area (TPSA) is 32.3 Å². The number of hydrogen-bond acceptors (Lipinski definition) is 3. The fourth-order valence-electron chi connectivity index (χ4n) is 3.84. The van der Waals surface area contributed by atoms with Gasteiger partial charge in [0.15, 0.2) is 0 Å². The van der Waals surface area contributed by atoms with Crippen molar-refractivity contribution in [3.8, 4) is 0 Å². The van der Waals surface area contributed by atoms with E-state index in [0.717, 1.165) is 37.7 Å². The fourth-order valence-corrected chi connectivity index (χ4v) is 5.00. The van der Waals surface area contributed by atoms with Crippen LogP contribution in [-0.4, -0.2) is 41.4 Å². The Labute approximate surface area is 144 Å². The summed E-state index contributed by atoms with van der Waals surface area (Å²) in [5.74, 6) is 2.14. The predicted octanol–water partition coefficient (Wildman–Crippen LogP) is 3.47. The van der Waals surface area contributed by atoms with Crippen molar-refractivity contribution in [3.63, 3.8) is 0 Å². The molecule has 1 aromatic carbocycles. The first kappa shape index (κ1) is 16.8. The van der Waals surface area contributed by atoms with Crippen molar-refractivity contribution in [2.24, 2.45) is 5.92 Å². The molecule has 3 nitrogen and oxygen atoms in total.